The Morgan fingerprint density at radius 3 is 2.77 bits per heavy atom. The Morgan fingerprint density at radius 2 is 2.15 bits per heavy atom. The van der Waals surface area contributed by atoms with Crippen LogP contribution in [-0.4, -0.2) is 6.10 Å². The Labute approximate surface area is 76.5 Å². The number of hydrogen-bond donors (Lipinski definition) is 1. The minimum Gasteiger partial charge on any atom is -0.487 e. The molecule has 0 spiro atoms. The average molecular weight is 181 g/mol. The van der Waals surface area contributed by atoms with Crippen molar-refractivity contribution in [2.24, 2.45) is 0 Å². The summed E-state index contributed by atoms with van der Waals surface area (Å²) in [6.07, 6.45) is 2.28. The number of aryl methyl sites for hydroxylation is 1. The Morgan fingerprint density at radius 1 is 1.46 bits per heavy atom. The summed E-state index contributed by atoms with van der Waals surface area (Å²) in [7, 11) is 0. The maximum Gasteiger partial charge on any atom is 0.167 e. The van der Waals surface area contributed by atoms with Crippen LogP contribution in [0.15, 0.2) is 12.1 Å². The smallest absolute Gasteiger partial charge is 0.167 e. The average Bonchev–Trinajstić information content (AvgIpc) is 2.84. The standard InChI is InChI=1S/C10H12FNO/c1-6-4-10(13-7-2-3-7)8(11)5-9(6)12/h4-5,7H,2-3,12H2,1H3. The molecular weight excluding hydrogens is 169 g/mol. The van der Waals surface area contributed by atoms with Gasteiger partial charge in [0.1, 0.15) is 0 Å². The fraction of sp³-hybridized carbons (Fsp3) is 0.400. The lowest BCUT2D eigenvalue weighted by molar-refractivity contribution is 0.287. The van der Waals surface area contributed by atoms with Crippen LogP contribution in [0.4, 0.5) is 10.1 Å². The van der Waals surface area contributed by atoms with Crippen molar-refractivity contribution in [3.05, 3.63) is 23.5 Å². The van der Waals surface area contributed by atoms with Crippen LogP contribution in [0.3, 0.4) is 0 Å². The second kappa shape index (κ2) is 2.91. The number of anilines is 1. The molecule has 0 amide bonds. The van der Waals surface area contributed by atoms with Crippen molar-refractivity contribution in [2.75, 3.05) is 5.73 Å². The molecule has 1 aromatic carbocycles. The van der Waals surface area contributed by atoms with E-state index in [1.54, 1.807) is 6.07 Å². The minimum absolute atomic E-state index is 0.220. The van der Waals surface area contributed by atoms with Gasteiger partial charge in [-0.2, -0.15) is 0 Å². The molecule has 0 radical (unpaired) electrons. The van der Waals surface area contributed by atoms with E-state index in [1.165, 1.54) is 6.07 Å². The number of hydrogen-bond acceptors (Lipinski definition) is 2. The van der Waals surface area contributed by atoms with E-state index in [9.17, 15) is 4.39 Å². The van der Waals surface area contributed by atoms with E-state index in [4.69, 9.17) is 10.5 Å². The first-order valence-electron chi connectivity index (χ1n) is 4.39. The predicted octanol–water partition coefficient (Wildman–Crippen LogP) is 2.26. The third-order valence-electron chi connectivity index (χ3n) is 2.14. The summed E-state index contributed by atoms with van der Waals surface area (Å²) in [5.41, 5.74) is 6.87. The van der Waals surface area contributed by atoms with Crippen molar-refractivity contribution < 1.29 is 9.13 Å². The molecular formula is C10H12FNO. The number of rotatable bonds is 2. The lowest BCUT2D eigenvalue weighted by Crippen LogP contribution is -2.00. The summed E-state index contributed by atoms with van der Waals surface area (Å²) in [4.78, 5) is 0. The van der Waals surface area contributed by atoms with Gasteiger partial charge in [0, 0.05) is 11.8 Å². The molecule has 1 saturated carbocycles. The van der Waals surface area contributed by atoms with Crippen LogP contribution >= 0.6 is 0 Å². The SMILES string of the molecule is Cc1cc(OC2CC2)c(F)cc1N. The van der Waals surface area contributed by atoms with Gasteiger partial charge in [-0.1, -0.05) is 0 Å². The van der Waals surface area contributed by atoms with Gasteiger partial charge in [-0.3, -0.25) is 0 Å². The lowest BCUT2D eigenvalue weighted by atomic mass is 10.2. The van der Waals surface area contributed by atoms with Crippen LogP contribution in [0, 0.1) is 12.7 Å². The highest BCUT2D eigenvalue weighted by Gasteiger charge is 2.24. The number of ether oxygens (including phenoxy) is 1. The van der Waals surface area contributed by atoms with Gasteiger partial charge in [-0.05, 0) is 31.4 Å². The molecule has 1 aliphatic rings. The molecule has 0 unspecified atom stereocenters. The van der Waals surface area contributed by atoms with E-state index in [2.05, 4.69) is 0 Å². The summed E-state index contributed by atoms with van der Waals surface area (Å²) >= 11 is 0. The van der Waals surface area contributed by atoms with Crippen LogP contribution in [0.25, 0.3) is 0 Å². The highest BCUT2D eigenvalue weighted by Crippen LogP contribution is 2.30. The molecule has 0 aliphatic heterocycles. The van der Waals surface area contributed by atoms with Gasteiger partial charge < -0.3 is 10.5 Å². The van der Waals surface area contributed by atoms with Gasteiger partial charge in [0.15, 0.2) is 11.6 Å². The summed E-state index contributed by atoms with van der Waals surface area (Å²) in [5, 5.41) is 0. The predicted molar refractivity (Wildman–Crippen MR) is 49.2 cm³/mol. The molecule has 2 nitrogen and oxygen atoms in total. The first kappa shape index (κ1) is 8.35. The van der Waals surface area contributed by atoms with Gasteiger partial charge in [0.05, 0.1) is 6.10 Å². The molecule has 2 rings (SSSR count). The summed E-state index contributed by atoms with van der Waals surface area (Å²) in [6, 6.07) is 2.97. The van der Waals surface area contributed by atoms with E-state index in [0.717, 1.165) is 18.4 Å². The number of nitrogens with two attached hydrogens (primary N) is 1. The first-order chi connectivity index (χ1) is 6.16. The third kappa shape index (κ3) is 1.74. The fourth-order valence-corrected chi connectivity index (χ4v) is 1.13. The quantitative estimate of drug-likeness (QED) is 0.710. The van der Waals surface area contributed by atoms with Crippen LogP contribution in [0.2, 0.25) is 0 Å². The summed E-state index contributed by atoms with van der Waals surface area (Å²) in [5.74, 6) is -0.0378. The maximum absolute atomic E-state index is 13.2. The monoisotopic (exact) mass is 181 g/mol. The van der Waals surface area contributed by atoms with Crippen molar-refractivity contribution in [2.45, 2.75) is 25.9 Å². The van der Waals surface area contributed by atoms with Crippen LogP contribution in [0.1, 0.15) is 18.4 Å². The van der Waals surface area contributed by atoms with Crippen LogP contribution < -0.4 is 10.5 Å². The molecule has 1 fully saturated rings. The van der Waals surface area contributed by atoms with Crippen LogP contribution in [0.5, 0.6) is 5.75 Å². The molecule has 0 heterocycles. The molecule has 0 atom stereocenters. The maximum atomic E-state index is 13.2. The third-order valence-corrected chi connectivity index (χ3v) is 2.14. The number of nitrogen functional groups attached to an aromatic ring is 1. The lowest BCUT2D eigenvalue weighted by Gasteiger charge is -2.08. The molecule has 0 bridgehead atoms. The largest absolute Gasteiger partial charge is 0.487 e. The Bertz CT molecular complexity index is 334. The van der Waals surface area contributed by atoms with Gasteiger partial charge in [0.25, 0.3) is 0 Å². The van der Waals surface area contributed by atoms with Gasteiger partial charge in [-0.25, -0.2) is 4.39 Å². The Balaban J connectivity index is 2.27. The Hall–Kier alpha value is -1.25. The zero-order valence-corrected chi connectivity index (χ0v) is 7.51. The van der Waals surface area contributed by atoms with E-state index in [-0.39, 0.29) is 11.9 Å². The molecule has 13 heavy (non-hydrogen) atoms. The Kier molecular flexibility index (Phi) is 1.87. The van der Waals surface area contributed by atoms with Crippen molar-refractivity contribution in [3.63, 3.8) is 0 Å². The summed E-state index contributed by atoms with van der Waals surface area (Å²) in [6.45, 7) is 1.84. The van der Waals surface area contributed by atoms with Gasteiger partial charge in [0.2, 0.25) is 0 Å². The molecule has 0 saturated heterocycles. The number of benzene rings is 1. The van der Waals surface area contributed by atoms with E-state index in [1.807, 2.05) is 6.92 Å². The summed E-state index contributed by atoms with van der Waals surface area (Å²) < 4.78 is 18.6. The normalized spacial score (nSPS) is 15.8. The topological polar surface area (TPSA) is 35.2 Å². The molecule has 2 N–H and O–H groups in total. The molecule has 70 valence electrons. The van der Waals surface area contributed by atoms with Gasteiger partial charge in [-0.15, -0.1) is 0 Å². The highest BCUT2D eigenvalue weighted by atomic mass is 19.1. The molecule has 1 aliphatic carbocycles. The molecule has 1 aromatic rings. The van der Waals surface area contributed by atoms with Crippen molar-refractivity contribution >= 4 is 5.69 Å². The highest BCUT2D eigenvalue weighted by molar-refractivity contribution is 5.50. The molecule has 0 aromatic heterocycles. The second-order valence-electron chi connectivity index (χ2n) is 3.46. The van der Waals surface area contributed by atoms with Crippen molar-refractivity contribution in [3.8, 4) is 5.75 Å². The second-order valence-corrected chi connectivity index (χ2v) is 3.46. The minimum atomic E-state index is -0.366. The van der Waals surface area contributed by atoms with Crippen molar-refractivity contribution in [1.29, 1.82) is 0 Å². The molecule has 3 heteroatoms. The van der Waals surface area contributed by atoms with E-state index < -0.39 is 0 Å². The first-order valence-corrected chi connectivity index (χ1v) is 4.39. The zero-order valence-electron chi connectivity index (χ0n) is 7.51. The van der Waals surface area contributed by atoms with E-state index in [0.29, 0.717) is 11.4 Å². The number of halogens is 1. The van der Waals surface area contributed by atoms with Gasteiger partial charge >= 0.3 is 0 Å². The van der Waals surface area contributed by atoms with Crippen molar-refractivity contribution in [1.82, 2.24) is 0 Å². The van der Waals surface area contributed by atoms with E-state index >= 15 is 0 Å². The zero-order chi connectivity index (χ0) is 9.42. The van der Waals surface area contributed by atoms with Crippen LogP contribution in [-0.2, 0) is 0 Å². The fourth-order valence-electron chi connectivity index (χ4n) is 1.13.